The fraction of sp³-hybridized carbons (Fsp3) is 0.357. The minimum atomic E-state index is 0.422. The van der Waals surface area contributed by atoms with Crippen LogP contribution < -0.4 is 15.6 Å². The Bertz CT molecular complexity index is 627. The molecule has 6 nitrogen and oxygen atoms in total. The van der Waals surface area contributed by atoms with E-state index in [1.807, 2.05) is 46.1 Å². The number of para-hydroxylation sites is 1. The number of nitrogens with zero attached hydrogens (tertiary/aromatic N) is 3. The van der Waals surface area contributed by atoms with E-state index in [2.05, 4.69) is 29.7 Å². The van der Waals surface area contributed by atoms with Crippen LogP contribution in [0.3, 0.4) is 0 Å². The van der Waals surface area contributed by atoms with Gasteiger partial charge in [-0.2, -0.15) is 0 Å². The van der Waals surface area contributed by atoms with Crippen LogP contribution >= 0.6 is 11.3 Å². The average Bonchev–Trinajstić information content (AvgIpc) is 3.12. The molecule has 0 aliphatic carbocycles. The maximum absolute atomic E-state index is 5.84. The van der Waals surface area contributed by atoms with Gasteiger partial charge in [-0.25, -0.2) is 4.98 Å². The first-order valence-electron chi connectivity index (χ1n) is 6.88. The number of aromatic nitrogens is 1. The summed E-state index contributed by atoms with van der Waals surface area (Å²) in [6.45, 7) is 5.40. The molecule has 3 rings (SSSR count). The normalized spacial score (nSPS) is 14.6. The van der Waals surface area contributed by atoms with Crippen molar-refractivity contribution in [2.75, 3.05) is 13.4 Å². The average molecular weight is 305 g/mol. The summed E-state index contributed by atoms with van der Waals surface area (Å²) in [6.07, 6.45) is 3.92. The van der Waals surface area contributed by atoms with E-state index in [0.29, 0.717) is 12.8 Å². The van der Waals surface area contributed by atoms with E-state index in [1.165, 1.54) is 0 Å². The van der Waals surface area contributed by atoms with E-state index in [-0.39, 0.29) is 0 Å². The maximum Gasteiger partial charge on any atom is 0.176 e. The van der Waals surface area contributed by atoms with Gasteiger partial charge in [-0.05, 0) is 26.0 Å². The highest BCUT2D eigenvalue weighted by molar-refractivity contribution is 7.16. The van der Waals surface area contributed by atoms with Gasteiger partial charge in [-0.15, -0.1) is 16.9 Å². The summed E-state index contributed by atoms with van der Waals surface area (Å²) in [5, 5.41) is 7.19. The number of hydrogen-bond donors (Lipinski definition) is 2. The molecule has 1 aliphatic rings. The van der Waals surface area contributed by atoms with Crippen LogP contribution in [0.4, 0.5) is 0 Å². The van der Waals surface area contributed by atoms with E-state index in [1.54, 1.807) is 11.3 Å². The predicted octanol–water partition coefficient (Wildman–Crippen LogP) is 2.10. The zero-order valence-electron chi connectivity index (χ0n) is 12.1. The van der Waals surface area contributed by atoms with Crippen LogP contribution in [0.15, 0.2) is 36.1 Å². The Morgan fingerprint density at radius 2 is 2.19 bits per heavy atom. The summed E-state index contributed by atoms with van der Waals surface area (Å²) in [4.78, 5) is 4.34. The first-order chi connectivity index (χ1) is 10.2. The Kier molecular flexibility index (Phi) is 4.23. The lowest BCUT2D eigenvalue weighted by atomic mass is 10.3. The van der Waals surface area contributed by atoms with Gasteiger partial charge < -0.3 is 4.74 Å². The van der Waals surface area contributed by atoms with Crippen LogP contribution in [0, 0.1) is 0 Å². The summed E-state index contributed by atoms with van der Waals surface area (Å²) in [5.74, 6) is 0.808. The van der Waals surface area contributed by atoms with Crippen molar-refractivity contribution in [3.05, 3.63) is 36.1 Å². The van der Waals surface area contributed by atoms with Crippen LogP contribution in [0.5, 0.6) is 5.75 Å². The summed E-state index contributed by atoms with van der Waals surface area (Å²) in [6, 6.07) is 6.43. The number of thiazole rings is 1. The van der Waals surface area contributed by atoms with Crippen molar-refractivity contribution < 1.29 is 4.74 Å². The molecule has 0 bridgehead atoms. The topological polar surface area (TPSA) is 52.7 Å². The Morgan fingerprint density at radius 3 is 3.05 bits per heavy atom. The second-order valence-electron chi connectivity index (χ2n) is 5.08. The molecule has 1 aliphatic heterocycles. The Labute approximate surface area is 128 Å². The van der Waals surface area contributed by atoms with Gasteiger partial charge in [0.25, 0.3) is 0 Å². The maximum atomic E-state index is 5.84. The highest BCUT2D eigenvalue weighted by Gasteiger charge is 2.12. The molecule has 0 saturated heterocycles. The monoisotopic (exact) mass is 305 g/mol. The second-order valence-corrected chi connectivity index (χ2v) is 5.97. The fourth-order valence-corrected chi connectivity index (χ4v) is 2.64. The van der Waals surface area contributed by atoms with Crippen LogP contribution in [0.1, 0.15) is 13.8 Å². The molecule has 2 N–H and O–H groups in total. The minimum absolute atomic E-state index is 0.422. The van der Waals surface area contributed by atoms with E-state index in [0.717, 1.165) is 22.6 Å². The Balaban J connectivity index is 1.52. The van der Waals surface area contributed by atoms with Crippen molar-refractivity contribution in [1.29, 1.82) is 0 Å². The summed E-state index contributed by atoms with van der Waals surface area (Å²) >= 11 is 1.62. The number of rotatable bonds is 6. The molecule has 1 aromatic carbocycles. The van der Waals surface area contributed by atoms with E-state index >= 15 is 0 Å². The van der Waals surface area contributed by atoms with E-state index < -0.39 is 0 Å². The quantitative estimate of drug-likeness (QED) is 0.852. The Hall–Kier alpha value is -1.83. The van der Waals surface area contributed by atoms with Crippen molar-refractivity contribution in [3.63, 3.8) is 0 Å². The molecule has 0 fully saturated rings. The van der Waals surface area contributed by atoms with E-state index in [4.69, 9.17) is 4.74 Å². The SMILES string of the molecule is CC(C)NCN1C=CN(COc2cccc3scnc23)N1. The summed E-state index contributed by atoms with van der Waals surface area (Å²) in [7, 11) is 0. The zero-order valence-corrected chi connectivity index (χ0v) is 12.9. The summed E-state index contributed by atoms with van der Waals surface area (Å²) in [5.41, 5.74) is 5.97. The first kappa shape index (κ1) is 14.1. The van der Waals surface area contributed by atoms with Gasteiger partial charge in [0, 0.05) is 18.4 Å². The molecule has 112 valence electrons. The van der Waals surface area contributed by atoms with Gasteiger partial charge in [0.1, 0.15) is 11.3 Å². The molecular formula is C14H19N5OS. The highest BCUT2D eigenvalue weighted by atomic mass is 32.1. The van der Waals surface area contributed by atoms with Gasteiger partial charge in [-0.1, -0.05) is 6.07 Å². The zero-order chi connectivity index (χ0) is 14.7. The molecule has 0 atom stereocenters. The third-order valence-electron chi connectivity index (χ3n) is 3.04. The number of nitrogens with one attached hydrogen (secondary N) is 2. The summed E-state index contributed by atoms with van der Waals surface area (Å²) < 4.78 is 6.98. The largest absolute Gasteiger partial charge is 0.469 e. The van der Waals surface area contributed by atoms with Crippen molar-refractivity contribution in [1.82, 2.24) is 25.9 Å². The molecule has 0 saturated carbocycles. The standard InChI is InChI=1S/C14H19N5OS/c1-11(2)15-8-18-6-7-19(17-18)10-20-12-4-3-5-13-14(12)16-9-21-13/h3-7,9,11,15,17H,8,10H2,1-2H3. The third-order valence-corrected chi connectivity index (χ3v) is 3.83. The molecule has 7 heteroatoms. The number of ether oxygens (including phenoxy) is 1. The van der Waals surface area contributed by atoms with Crippen molar-refractivity contribution in [2.45, 2.75) is 19.9 Å². The van der Waals surface area contributed by atoms with E-state index in [9.17, 15) is 0 Å². The number of hydrogen-bond acceptors (Lipinski definition) is 7. The molecule has 0 radical (unpaired) electrons. The first-order valence-corrected chi connectivity index (χ1v) is 7.76. The van der Waals surface area contributed by atoms with Crippen molar-refractivity contribution in [3.8, 4) is 5.75 Å². The number of benzene rings is 1. The van der Waals surface area contributed by atoms with Gasteiger partial charge >= 0.3 is 0 Å². The molecular weight excluding hydrogens is 286 g/mol. The van der Waals surface area contributed by atoms with Crippen LogP contribution in [0.2, 0.25) is 0 Å². The Morgan fingerprint density at radius 1 is 1.33 bits per heavy atom. The van der Waals surface area contributed by atoms with Gasteiger partial charge in [0.15, 0.2) is 6.73 Å². The molecule has 2 heterocycles. The number of fused-ring (bicyclic) bond motifs is 1. The lowest BCUT2D eigenvalue weighted by molar-refractivity contribution is 0.0617. The van der Waals surface area contributed by atoms with Crippen molar-refractivity contribution >= 4 is 21.6 Å². The molecule has 0 unspecified atom stereocenters. The number of hydrazine groups is 2. The fourth-order valence-electron chi connectivity index (χ4n) is 1.95. The molecule has 21 heavy (non-hydrogen) atoms. The predicted molar refractivity (Wildman–Crippen MR) is 84.2 cm³/mol. The van der Waals surface area contributed by atoms with Crippen LogP contribution in [0.25, 0.3) is 10.2 Å². The highest BCUT2D eigenvalue weighted by Crippen LogP contribution is 2.26. The van der Waals surface area contributed by atoms with Crippen LogP contribution in [-0.4, -0.2) is 34.4 Å². The van der Waals surface area contributed by atoms with Crippen LogP contribution in [-0.2, 0) is 0 Å². The smallest absolute Gasteiger partial charge is 0.176 e. The van der Waals surface area contributed by atoms with Crippen molar-refractivity contribution in [2.24, 2.45) is 0 Å². The third kappa shape index (κ3) is 3.44. The van der Waals surface area contributed by atoms with Gasteiger partial charge in [0.05, 0.1) is 16.9 Å². The van der Waals surface area contributed by atoms with Gasteiger partial charge in [0.2, 0.25) is 0 Å². The molecule has 2 aromatic rings. The second kappa shape index (κ2) is 6.30. The lowest BCUT2D eigenvalue weighted by Gasteiger charge is -2.23. The molecule has 1 aromatic heterocycles. The van der Waals surface area contributed by atoms with Gasteiger partial charge in [-0.3, -0.25) is 15.3 Å². The lowest BCUT2D eigenvalue weighted by Crippen LogP contribution is -2.45. The molecule has 0 spiro atoms. The molecule has 0 amide bonds. The minimum Gasteiger partial charge on any atom is -0.469 e.